The van der Waals surface area contributed by atoms with E-state index in [1.807, 2.05) is 0 Å². The van der Waals surface area contributed by atoms with Gasteiger partial charge in [-0.2, -0.15) is 12.6 Å². The topological polar surface area (TPSA) is 53.4 Å². The third-order valence-electron chi connectivity index (χ3n) is 2.37. The van der Waals surface area contributed by atoms with Crippen LogP contribution in [0.4, 0.5) is 5.82 Å². The second kappa shape index (κ2) is 4.20. The predicted molar refractivity (Wildman–Crippen MR) is 59.9 cm³/mol. The van der Waals surface area contributed by atoms with Gasteiger partial charge in [-0.1, -0.05) is 6.07 Å². The zero-order chi connectivity index (χ0) is 10.8. The fourth-order valence-electron chi connectivity index (χ4n) is 1.58. The van der Waals surface area contributed by atoms with Gasteiger partial charge in [0.1, 0.15) is 5.82 Å². The monoisotopic (exact) mass is 224 g/mol. The number of aliphatic hydroxyl groups excluding tert-OH is 1. The van der Waals surface area contributed by atoms with Crippen LogP contribution in [0.3, 0.4) is 0 Å². The van der Waals surface area contributed by atoms with Gasteiger partial charge in [0.05, 0.1) is 6.61 Å². The number of thiol groups is 1. The van der Waals surface area contributed by atoms with Crippen molar-refractivity contribution < 1.29 is 9.90 Å². The summed E-state index contributed by atoms with van der Waals surface area (Å²) < 4.78 is 0. The van der Waals surface area contributed by atoms with Crippen LogP contribution in [0.1, 0.15) is 12.0 Å². The SMILES string of the molecule is O=C1CC(S)CN1c1ccc(CO)cn1. The lowest BCUT2D eigenvalue weighted by Gasteiger charge is -2.14. The molecule has 1 N–H and O–H groups in total. The minimum absolute atomic E-state index is 0.0313. The number of aromatic nitrogens is 1. The molecular weight excluding hydrogens is 212 g/mol. The molecule has 0 aliphatic carbocycles. The highest BCUT2D eigenvalue weighted by Crippen LogP contribution is 2.22. The average molecular weight is 224 g/mol. The first kappa shape index (κ1) is 10.4. The second-order valence-electron chi connectivity index (χ2n) is 3.55. The van der Waals surface area contributed by atoms with Gasteiger partial charge in [0.25, 0.3) is 0 Å². The van der Waals surface area contributed by atoms with Gasteiger partial charge in [0.15, 0.2) is 0 Å². The fourth-order valence-corrected chi connectivity index (χ4v) is 1.90. The molecule has 2 heterocycles. The van der Waals surface area contributed by atoms with Crippen molar-refractivity contribution in [2.24, 2.45) is 0 Å². The summed E-state index contributed by atoms with van der Waals surface area (Å²) in [7, 11) is 0. The molecule has 5 heteroatoms. The van der Waals surface area contributed by atoms with Crippen molar-refractivity contribution in [1.82, 2.24) is 4.98 Å². The molecule has 1 saturated heterocycles. The van der Waals surface area contributed by atoms with E-state index in [0.29, 0.717) is 18.8 Å². The van der Waals surface area contributed by atoms with Crippen molar-refractivity contribution in [3.05, 3.63) is 23.9 Å². The molecular formula is C10H12N2O2S. The maximum Gasteiger partial charge on any atom is 0.229 e. The molecule has 1 amide bonds. The van der Waals surface area contributed by atoms with Crippen molar-refractivity contribution >= 4 is 24.4 Å². The van der Waals surface area contributed by atoms with E-state index in [1.54, 1.807) is 23.2 Å². The van der Waals surface area contributed by atoms with E-state index < -0.39 is 0 Å². The van der Waals surface area contributed by atoms with Crippen LogP contribution >= 0.6 is 12.6 Å². The largest absolute Gasteiger partial charge is 0.392 e. The van der Waals surface area contributed by atoms with Crippen LogP contribution in [-0.2, 0) is 11.4 Å². The number of rotatable bonds is 2. The smallest absolute Gasteiger partial charge is 0.229 e. The lowest BCUT2D eigenvalue weighted by Crippen LogP contribution is -2.25. The van der Waals surface area contributed by atoms with Gasteiger partial charge in [-0.25, -0.2) is 4.98 Å². The molecule has 1 fully saturated rings. The fraction of sp³-hybridized carbons (Fsp3) is 0.400. The molecule has 15 heavy (non-hydrogen) atoms. The van der Waals surface area contributed by atoms with Gasteiger partial charge in [-0.15, -0.1) is 0 Å². The Morgan fingerprint density at radius 1 is 1.60 bits per heavy atom. The summed E-state index contributed by atoms with van der Waals surface area (Å²) in [5, 5.41) is 8.95. The van der Waals surface area contributed by atoms with Crippen LogP contribution in [0, 0.1) is 0 Å². The zero-order valence-electron chi connectivity index (χ0n) is 8.13. The third kappa shape index (κ3) is 2.13. The van der Waals surface area contributed by atoms with Crippen LogP contribution < -0.4 is 4.90 Å². The van der Waals surface area contributed by atoms with E-state index in [1.165, 1.54) is 0 Å². The van der Waals surface area contributed by atoms with Gasteiger partial charge < -0.3 is 5.11 Å². The molecule has 0 spiro atoms. The van der Waals surface area contributed by atoms with Crippen molar-refractivity contribution in [3.63, 3.8) is 0 Å². The summed E-state index contributed by atoms with van der Waals surface area (Å²) in [6, 6.07) is 3.51. The summed E-state index contributed by atoms with van der Waals surface area (Å²) in [5.74, 6) is 0.688. The minimum atomic E-state index is -0.0313. The molecule has 0 bridgehead atoms. The van der Waals surface area contributed by atoms with E-state index in [0.717, 1.165) is 5.56 Å². The Labute approximate surface area is 93.3 Å². The molecule has 1 aliphatic rings. The van der Waals surface area contributed by atoms with Crippen molar-refractivity contribution in [2.45, 2.75) is 18.3 Å². The van der Waals surface area contributed by atoms with Gasteiger partial charge >= 0.3 is 0 Å². The summed E-state index contributed by atoms with van der Waals surface area (Å²) >= 11 is 4.27. The van der Waals surface area contributed by atoms with E-state index >= 15 is 0 Å². The maximum absolute atomic E-state index is 11.5. The third-order valence-corrected chi connectivity index (χ3v) is 2.72. The first-order chi connectivity index (χ1) is 7.20. The van der Waals surface area contributed by atoms with Crippen LogP contribution in [0.15, 0.2) is 18.3 Å². The number of hydrogen-bond acceptors (Lipinski definition) is 4. The van der Waals surface area contributed by atoms with Crippen molar-refractivity contribution in [2.75, 3.05) is 11.4 Å². The highest BCUT2D eigenvalue weighted by molar-refractivity contribution is 7.81. The number of pyridine rings is 1. The Morgan fingerprint density at radius 3 is 2.87 bits per heavy atom. The molecule has 1 aromatic heterocycles. The van der Waals surface area contributed by atoms with Gasteiger partial charge in [-0.05, 0) is 11.6 Å². The first-order valence-corrected chi connectivity index (χ1v) is 5.26. The number of nitrogens with zero attached hydrogens (tertiary/aromatic N) is 2. The van der Waals surface area contributed by atoms with Crippen molar-refractivity contribution in [3.8, 4) is 0 Å². The highest BCUT2D eigenvalue weighted by Gasteiger charge is 2.28. The summed E-state index contributed by atoms with van der Waals surface area (Å²) in [6.07, 6.45) is 2.04. The Bertz CT molecular complexity index is 366. The molecule has 1 aromatic rings. The quantitative estimate of drug-likeness (QED) is 0.724. The summed E-state index contributed by atoms with van der Waals surface area (Å²) in [4.78, 5) is 17.3. The Balaban J connectivity index is 2.19. The Morgan fingerprint density at radius 2 is 2.40 bits per heavy atom. The van der Waals surface area contributed by atoms with Gasteiger partial charge in [0, 0.05) is 24.4 Å². The Hall–Kier alpha value is -1.07. The number of anilines is 1. The normalized spacial score (nSPS) is 21.1. The van der Waals surface area contributed by atoms with Crippen LogP contribution in [0.2, 0.25) is 0 Å². The van der Waals surface area contributed by atoms with Gasteiger partial charge in [-0.3, -0.25) is 9.69 Å². The van der Waals surface area contributed by atoms with Crippen LogP contribution in [0.5, 0.6) is 0 Å². The zero-order valence-corrected chi connectivity index (χ0v) is 9.02. The lowest BCUT2D eigenvalue weighted by atomic mass is 10.3. The first-order valence-electron chi connectivity index (χ1n) is 4.75. The molecule has 1 atom stereocenters. The minimum Gasteiger partial charge on any atom is -0.392 e. The molecule has 2 rings (SSSR count). The van der Waals surface area contributed by atoms with E-state index in [-0.39, 0.29) is 17.8 Å². The number of aliphatic hydroxyl groups is 1. The Kier molecular flexibility index (Phi) is 2.93. The molecule has 1 aliphatic heterocycles. The molecule has 80 valence electrons. The standard InChI is InChI=1S/C10H12N2O2S/c13-6-7-1-2-9(11-4-7)12-5-8(15)3-10(12)14/h1-2,4,8,13,15H,3,5-6H2. The summed E-state index contributed by atoms with van der Waals surface area (Å²) in [5.41, 5.74) is 0.743. The maximum atomic E-state index is 11.5. The molecule has 0 aromatic carbocycles. The molecule has 0 saturated carbocycles. The predicted octanol–water partition coefficient (Wildman–Crippen LogP) is 0.609. The number of hydrogen-bond donors (Lipinski definition) is 2. The van der Waals surface area contributed by atoms with Crippen LogP contribution in [-0.4, -0.2) is 27.8 Å². The number of carbonyl (C=O) groups is 1. The lowest BCUT2D eigenvalue weighted by molar-refractivity contribution is -0.117. The molecule has 4 nitrogen and oxygen atoms in total. The van der Waals surface area contributed by atoms with E-state index in [9.17, 15) is 4.79 Å². The summed E-state index contributed by atoms with van der Waals surface area (Å²) in [6.45, 7) is 0.573. The molecule has 0 radical (unpaired) electrons. The average Bonchev–Trinajstić information content (AvgIpc) is 2.58. The molecule has 1 unspecified atom stereocenters. The van der Waals surface area contributed by atoms with Gasteiger partial charge in [0.2, 0.25) is 5.91 Å². The number of carbonyl (C=O) groups excluding carboxylic acids is 1. The van der Waals surface area contributed by atoms with E-state index in [2.05, 4.69) is 17.6 Å². The van der Waals surface area contributed by atoms with E-state index in [4.69, 9.17) is 5.11 Å². The van der Waals surface area contributed by atoms with Crippen molar-refractivity contribution in [1.29, 1.82) is 0 Å². The number of amides is 1. The second-order valence-corrected chi connectivity index (χ2v) is 4.28. The highest BCUT2D eigenvalue weighted by atomic mass is 32.1. The van der Waals surface area contributed by atoms with Crippen LogP contribution in [0.25, 0.3) is 0 Å².